The second-order valence-corrected chi connectivity index (χ2v) is 6.41. The third-order valence-electron chi connectivity index (χ3n) is 3.93. The summed E-state index contributed by atoms with van der Waals surface area (Å²) in [6, 6.07) is 13.9. The quantitative estimate of drug-likeness (QED) is 0.713. The number of carbonyl (C=O) groups is 3. The normalized spacial score (nSPS) is 12.6. The molecule has 0 saturated carbocycles. The molecule has 0 aromatic heterocycles. The van der Waals surface area contributed by atoms with Gasteiger partial charge in [0.1, 0.15) is 12.1 Å². The second-order valence-electron chi connectivity index (χ2n) is 5.98. The number of halogens is 1. The minimum Gasteiger partial charge on any atom is -0.467 e. The zero-order valence-electron chi connectivity index (χ0n) is 15.1. The number of carbonyl (C=O) groups excluding carboxylic acids is 3. The van der Waals surface area contributed by atoms with Crippen molar-refractivity contribution in [2.75, 3.05) is 7.11 Å². The van der Waals surface area contributed by atoms with E-state index in [-0.39, 0.29) is 6.42 Å². The summed E-state index contributed by atoms with van der Waals surface area (Å²) in [5, 5.41) is 5.74. The first-order chi connectivity index (χ1) is 12.9. The predicted molar refractivity (Wildman–Crippen MR) is 102 cm³/mol. The van der Waals surface area contributed by atoms with E-state index >= 15 is 0 Å². The first-order valence-electron chi connectivity index (χ1n) is 8.39. The summed E-state index contributed by atoms with van der Waals surface area (Å²) in [6.45, 7) is 1.54. The van der Waals surface area contributed by atoms with Gasteiger partial charge in [-0.25, -0.2) is 4.79 Å². The first kappa shape index (κ1) is 20.5. The van der Waals surface area contributed by atoms with Crippen LogP contribution in [0, 0.1) is 0 Å². The third-order valence-corrected chi connectivity index (χ3v) is 4.18. The molecule has 0 spiro atoms. The van der Waals surface area contributed by atoms with Gasteiger partial charge in [0, 0.05) is 17.0 Å². The molecule has 6 nitrogen and oxygen atoms in total. The zero-order chi connectivity index (χ0) is 19.8. The number of hydrogen-bond donors (Lipinski definition) is 2. The van der Waals surface area contributed by atoms with Crippen LogP contribution < -0.4 is 10.6 Å². The van der Waals surface area contributed by atoms with E-state index in [0.717, 1.165) is 5.56 Å². The molecular formula is C20H21ClN2O4. The molecule has 2 unspecified atom stereocenters. The van der Waals surface area contributed by atoms with Crippen LogP contribution in [0.15, 0.2) is 54.6 Å². The zero-order valence-corrected chi connectivity index (χ0v) is 15.8. The Morgan fingerprint density at radius 2 is 1.63 bits per heavy atom. The van der Waals surface area contributed by atoms with Gasteiger partial charge < -0.3 is 15.4 Å². The summed E-state index contributed by atoms with van der Waals surface area (Å²) in [4.78, 5) is 36.7. The molecule has 2 aromatic rings. The van der Waals surface area contributed by atoms with E-state index in [1.807, 2.05) is 30.3 Å². The number of hydrogen-bond acceptors (Lipinski definition) is 4. The fraction of sp³-hybridized carbons (Fsp3) is 0.250. The van der Waals surface area contributed by atoms with Crippen LogP contribution in [0.1, 0.15) is 22.8 Å². The lowest BCUT2D eigenvalue weighted by Crippen LogP contribution is -2.51. The summed E-state index contributed by atoms with van der Waals surface area (Å²) in [5.74, 6) is -1.45. The predicted octanol–water partition coefficient (Wildman–Crippen LogP) is 2.36. The molecule has 0 heterocycles. The molecule has 7 heteroatoms. The molecule has 2 amide bonds. The Labute approximate surface area is 162 Å². The second kappa shape index (κ2) is 9.73. The SMILES string of the molecule is COC(=O)C(Cc1ccccc1)NC(=O)C(C)NC(=O)c1ccc(Cl)cc1. The molecule has 0 aliphatic rings. The molecule has 0 aliphatic heterocycles. The summed E-state index contributed by atoms with van der Waals surface area (Å²) in [5.41, 5.74) is 1.26. The monoisotopic (exact) mass is 388 g/mol. The molecule has 0 bridgehead atoms. The number of esters is 1. The molecular weight excluding hydrogens is 368 g/mol. The summed E-state index contributed by atoms with van der Waals surface area (Å²) >= 11 is 5.80. The summed E-state index contributed by atoms with van der Waals surface area (Å²) < 4.78 is 4.77. The maximum Gasteiger partial charge on any atom is 0.328 e. The molecule has 2 N–H and O–H groups in total. The molecule has 0 aliphatic carbocycles. The summed E-state index contributed by atoms with van der Waals surface area (Å²) in [7, 11) is 1.26. The summed E-state index contributed by atoms with van der Waals surface area (Å²) in [6.07, 6.45) is 0.289. The van der Waals surface area contributed by atoms with E-state index in [0.29, 0.717) is 10.6 Å². The standard InChI is InChI=1S/C20H21ClN2O4/c1-13(22-19(25)15-8-10-16(21)11-9-15)18(24)23-17(20(26)27-2)12-14-6-4-3-5-7-14/h3-11,13,17H,12H2,1-2H3,(H,22,25)(H,23,24). The van der Waals surface area contributed by atoms with Crippen molar-refractivity contribution < 1.29 is 19.1 Å². The van der Waals surface area contributed by atoms with E-state index in [4.69, 9.17) is 16.3 Å². The van der Waals surface area contributed by atoms with Gasteiger partial charge in [0.25, 0.3) is 5.91 Å². The molecule has 0 saturated heterocycles. The van der Waals surface area contributed by atoms with Crippen LogP contribution in [-0.4, -0.2) is 37.0 Å². The minimum absolute atomic E-state index is 0.289. The topological polar surface area (TPSA) is 84.5 Å². The van der Waals surface area contributed by atoms with E-state index in [1.54, 1.807) is 31.2 Å². The lowest BCUT2D eigenvalue weighted by molar-refractivity contribution is -0.145. The fourth-order valence-corrected chi connectivity index (χ4v) is 2.55. The highest BCUT2D eigenvalue weighted by molar-refractivity contribution is 6.30. The molecule has 27 heavy (non-hydrogen) atoms. The van der Waals surface area contributed by atoms with Crippen LogP contribution in [-0.2, 0) is 20.7 Å². The Balaban J connectivity index is 1.99. The molecule has 2 rings (SSSR count). The highest BCUT2D eigenvalue weighted by Crippen LogP contribution is 2.10. The average molecular weight is 389 g/mol. The number of benzene rings is 2. The van der Waals surface area contributed by atoms with Crippen molar-refractivity contribution in [2.24, 2.45) is 0 Å². The van der Waals surface area contributed by atoms with Crippen LogP contribution in [0.4, 0.5) is 0 Å². The van der Waals surface area contributed by atoms with Crippen molar-refractivity contribution in [1.82, 2.24) is 10.6 Å². The highest BCUT2D eigenvalue weighted by atomic mass is 35.5. The van der Waals surface area contributed by atoms with Crippen molar-refractivity contribution in [3.05, 3.63) is 70.7 Å². The van der Waals surface area contributed by atoms with Crippen molar-refractivity contribution >= 4 is 29.4 Å². The van der Waals surface area contributed by atoms with Gasteiger partial charge >= 0.3 is 5.97 Å². The van der Waals surface area contributed by atoms with Crippen LogP contribution in [0.5, 0.6) is 0 Å². The fourth-order valence-electron chi connectivity index (χ4n) is 2.43. The smallest absolute Gasteiger partial charge is 0.328 e. The van der Waals surface area contributed by atoms with E-state index in [9.17, 15) is 14.4 Å². The van der Waals surface area contributed by atoms with Gasteiger partial charge in [-0.3, -0.25) is 9.59 Å². The van der Waals surface area contributed by atoms with Gasteiger partial charge in [-0.2, -0.15) is 0 Å². The molecule has 2 aromatic carbocycles. The van der Waals surface area contributed by atoms with Gasteiger partial charge in [-0.1, -0.05) is 41.9 Å². The Kier molecular flexibility index (Phi) is 7.37. The van der Waals surface area contributed by atoms with Crippen LogP contribution >= 0.6 is 11.6 Å². The van der Waals surface area contributed by atoms with Crippen LogP contribution in [0.3, 0.4) is 0 Å². The molecule has 0 fully saturated rings. The van der Waals surface area contributed by atoms with E-state index in [2.05, 4.69) is 10.6 Å². The van der Waals surface area contributed by atoms with Crippen molar-refractivity contribution in [3.63, 3.8) is 0 Å². The van der Waals surface area contributed by atoms with Crippen LogP contribution in [0.25, 0.3) is 0 Å². The Hall–Kier alpha value is -2.86. The van der Waals surface area contributed by atoms with Crippen molar-refractivity contribution in [1.29, 1.82) is 0 Å². The third kappa shape index (κ3) is 6.11. The average Bonchev–Trinajstić information content (AvgIpc) is 2.67. The Morgan fingerprint density at radius 3 is 2.22 bits per heavy atom. The number of methoxy groups -OCH3 is 1. The van der Waals surface area contributed by atoms with Crippen molar-refractivity contribution in [2.45, 2.75) is 25.4 Å². The maximum atomic E-state index is 12.4. The van der Waals surface area contributed by atoms with E-state index in [1.165, 1.54) is 7.11 Å². The van der Waals surface area contributed by atoms with Gasteiger partial charge in [0.15, 0.2) is 0 Å². The number of rotatable bonds is 7. The van der Waals surface area contributed by atoms with E-state index < -0.39 is 29.9 Å². The highest BCUT2D eigenvalue weighted by Gasteiger charge is 2.25. The maximum absolute atomic E-state index is 12.4. The lowest BCUT2D eigenvalue weighted by atomic mass is 10.1. The van der Waals surface area contributed by atoms with Crippen LogP contribution in [0.2, 0.25) is 5.02 Å². The Morgan fingerprint density at radius 1 is 1.00 bits per heavy atom. The molecule has 0 radical (unpaired) electrons. The van der Waals surface area contributed by atoms with Gasteiger partial charge in [0.05, 0.1) is 7.11 Å². The Bertz CT molecular complexity index is 793. The molecule has 142 valence electrons. The van der Waals surface area contributed by atoms with Gasteiger partial charge in [-0.15, -0.1) is 0 Å². The van der Waals surface area contributed by atoms with Gasteiger partial charge in [0.2, 0.25) is 5.91 Å². The number of ether oxygens (including phenoxy) is 1. The lowest BCUT2D eigenvalue weighted by Gasteiger charge is -2.20. The largest absolute Gasteiger partial charge is 0.467 e. The van der Waals surface area contributed by atoms with Crippen molar-refractivity contribution in [3.8, 4) is 0 Å². The van der Waals surface area contributed by atoms with Gasteiger partial charge in [-0.05, 0) is 36.8 Å². The number of amides is 2. The first-order valence-corrected chi connectivity index (χ1v) is 8.77. The minimum atomic E-state index is -0.847. The molecule has 2 atom stereocenters. The number of nitrogens with one attached hydrogen (secondary N) is 2.